The van der Waals surface area contributed by atoms with Crippen LogP contribution in [0.3, 0.4) is 0 Å². The van der Waals surface area contributed by atoms with Crippen molar-refractivity contribution < 1.29 is 31.1 Å². The van der Waals surface area contributed by atoms with Crippen molar-refractivity contribution >= 4 is 25.8 Å². The van der Waals surface area contributed by atoms with E-state index < -0.39 is 37.5 Å². The summed E-state index contributed by atoms with van der Waals surface area (Å²) in [6.45, 7) is 2.24. The largest absolute Gasteiger partial charge is 0.462 e. The fraction of sp³-hybridized carbons (Fsp3) is 0.588. The lowest BCUT2D eigenvalue weighted by atomic mass is 9.90. The van der Waals surface area contributed by atoms with Crippen LogP contribution in [-0.4, -0.2) is 59.2 Å². The summed E-state index contributed by atoms with van der Waals surface area (Å²) >= 11 is 0. The second-order valence-electron chi connectivity index (χ2n) is 6.93. The summed E-state index contributed by atoms with van der Waals surface area (Å²) in [5.41, 5.74) is -0.519. The standard InChI is InChI=1S/C17H23NO7S2/c1-2-24-16(19)13-3-5-15(6-4-13)27(22,23)18-14-7-9-25-17(11-14)8-10-26(20,21)12-17/h3-6,14,18H,2,7-12H2,1H3/t14-,17-/m0/s1. The van der Waals surface area contributed by atoms with Crippen molar-refractivity contribution in [1.29, 1.82) is 0 Å². The molecular formula is C17H23NO7S2. The smallest absolute Gasteiger partial charge is 0.338 e. The van der Waals surface area contributed by atoms with E-state index in [0.717, 1.165) is 0 Å². The van der Waals surface area contributed by atoms with Crippen LogP contribution in [0.5, 0.6) is 0 Å². The molecule has 0 saturated carbocycles. The number of sulfone groups is 1. The van der Waals surface area contributed by atoms with Gasteiger partial charge in [0.15, 0.2) is 9.84 Å². The fourth-order valence-corrected chi connectivity index (χ4v) is 6.81. The summed E-state index contributed by atoms with van der Waals surface area (Å²) < 4.78 is 62.1. The number of ether oxygens (including phenoxy) is 2. The predicted octanol–water partition coefficient (Wildman–Crippen LogP) is 0.878. The molecule has 0 radical (unpaired) electrons. The van der Waals surface area contributed by atoms with Gasteiger partial charge < -0.3 is 9.47 Å². The number of nitrogens with one attached hydrogen (secondary N) is 1. The normalized spacial score (nSPS) is 27.5. The van der Waals surface area contributed by atoms with Gasteiger partial charge in [0.1, 0.15) is 0 Å². The zero-order chi connectivity index (χ0) is 19.7. The topological polar surface area (TPSA) is 116 Å². The maximum Gasteiger partial charge on any atom is 0.338 e. The highest BCUT2D eigenvalue weighted by Gasteiger charge is 2.47. The minimum Gasteiger partial charge on any atom is -0.462 e. The fourth-order valence-electron chi connectivity index (χ4n) is 3.56. The van der Waals surface area contributed by atoms with E-state index in [1.54, 1.807) is 6.92 Å². The average Bonchev–Trinajstić information content (AvgIpc) is 2.89. The molecule has 0 aliphatic carbocycles. The first-order chi connectivity index (χ1) is 12.6. The number of hydrogen-bond acceptors (Lipinski definition) is 7. The minimum absolute atomic E-state index is 0.0372. The van der Waals surface area contributed by atoms with Crippen molar-refractivity contribution in [1.82, 2.24) is 4.72 Å². The first kappa shape index (κ1) is 20.2. The molecule has 1 aromatic rings. The summed E-state index contributed by atoms with van der Waals surface area (Å²) in [4.78, 5) is 11.7. The van der Waals surface area contributed by atoms with Gasteiger partial charge in [0.2, 0.25) is 10.0 Å². The number of rotatable bonds is 5. The second-order valence-corrected chi connectivity index (χ2v) is 10.8. The molecule has 1 spiro atoms. The molecule has 150 valence electrons. The Kier molecular flexibility index (Phi) is 5.62. The van der Waals surface area contributed by atoms with Gasteiger partial charge in [0.05, 0.1) is 34.2 Å². The molecule has 2 fully saturated rings. The van der Waals surface area contributed by atoms with Crippen LogP contribution in [0.4, 0.5) is 0 Å². The van der Waals surface area contributed by atoms with Gasteiger partial charge in [0.25, 0.3) is 0 Å². The molecule has 2 aliphatic heterocycles. The molecule has 0 amide bonds. The lowest BCUT2D eigenvalue weighted by molar-refractivity contribution is -0.0675. The van der Waals surface area contributed by atoms with Crippen molar-refractivity contribution in [3.8, 4) is 0 Å². The van der Waals surface area contributed by atoms with E-state index in [1.807, 2.05) is 0 Å². The molecule has 2 aliphatic rings. The van der Waals surface area contributed by atoms with Crippen LogP contribution < -0.4 is 4.72 Å². The molecular weight excluding hydrogens is 394 g/mol. The third kappa shape index (κ3) is 4.68. The molecule has 2 saturated heterocycles. The van der Waals surface area contributed by atoms with Gasteiger partial charge in [-0.3, -0.25) is 0 Å². The summed E-state index contributed by atoms with van der Waals surface area (Å²) in [6.07, 6.45) is 1.19. The SMILES string of the molecule is CCOC(=O)c1ccc(S(=O)(=O)N[C@H]2CCO[C@@]3(CCS(=O)(=O)C3)C2)cc1. The Morgan fingerprint density at radius 2 is 2.04 bits per heavy atom. The number of sulfonamides is 1. The van der Waals surface area contributed by atoms with E-state index in [1.165, 1.54) is 24.3 Å². The molecule has 0 aromatic heterocycles. The highest BCUT2D eigenvalue weighted by atomic mass is 32.2. The van der Waals surface area contributed by atoms with E-state index >= 15 is 0 Å². The highest BCUT2D eigenvalue weighted by Crippen LogP contribution is 2.36. The second kappa shape index (κ2) is 7.50. The Bertz CT molecular complexity index is 909. The van der Waals surface area contributed by atoms with Crippen molar-refractivity contribution in [3.05, 3.63) is 29.8 Å². The molecule has 10 heteroatoms. The maximum atomic E-state index is 12.7. The molecule has 1 N–H and O–H groups in total. The molecule has 0 bridgehead atoms. The Balaban J connectivity index is 1.70. The van der Waals surface area contributed by atoms with Gasteiger partial charge in [0, 0.05) is 12.6 Å². The zero-order valence-electron chi connectivity index (χ0n) is 15.0. The van der Waals surface area contributed by atoms with E-state index in [9.17, 15) is 21.6 Å². The van der Waals surface area contributed by atoms with Crippen LogP contribution in [0, 0.1) is 0 Å². The highest BCUT2D eigenvalue weighted by molar-refractivity contribution is 7.91. The van der Waals surface area contributed by atoms with Crippen molar-refractivity contribution in [2.24, 2.45) is 0 Å². The van der Waals surface area contributed by atoms with Gasteiger partial charge in [-0.2, -0.15) is 0 Å². The van der Waals surface area contributed by atoms with Crippen LogP contribution >= 0.6 is 0 Å². The van der Waals surface area contributed by atoms with Gasteiger partial charge in [-0.15, -0.1) is 0 Å². The summed E-state index contributed by atoms with van der Waals surface area (Å²) in [6, 6.07) is 5.11. The molecule has 27 heavy (non-hydrogen) atoms. The van der Waals surface area contributed by atoms with Crippen molar-refractivity contribution in [2.45, 2.75) is 42.7 Å². The minimum atomic E-state index is -3.80. The molecule has 1 aromatic carbocycles. The van der Waals surface area contributed by atoms with Gasteiger partial charge in [-0.25, -0.2) is 26.4 Å². The van der Waals surface area contributed by atoms with E-state index in [-0.39, 0.29) is 28.6 Å². The van der Waals surface area contributed by atoms with E-state index in [4.69, 9.17) is 9.47 Å². The van der Waals surface area contributed by atoms with E-state index in [0.29, 0.717) is 25.9 Å². The number of carbonyl (C=O) groups is 1. The molecule has 0 unspecified atom stereocenters. The lowest BCUT2D eigenvalue weighted by Gasteiger charge is -2.37. The Hall–Kier alpha value is -1.49. The maximum absolute atomic E-state index is 12.7. The van der Waals surface area contributed by atoms with Crippen LogP contribution in [-0.2, 0) is 29.3 Å². The quantitative estimate of drug-likeness (QED) is 0.707. The Morgan fingerprint density at radius 3 is 2.63 bits per heavy atom. The average molecular weight is 418 g/mol. The van der Waals surface area contributed by atoms with E-state index in [2.05, 4.69) is 4.72 Å². The number of benzene rings is 1. The van der Waals surface area contributed by atoms with Gasteiger partial charge in [-0.1, -0.05) is 0 Å². The molecule has 2 atom stereocenters. The first-order valence-electron chi connectivity index (χ1n) is 8.79. The summed E-state index contributed by atoms with van der Waals surface area (Å²) in [7, 11) is -6.93. The first-order valence-corrected chi connectivity index (χ1v) is 12.1. The van der Waals surface area contributed by atoms with Crippen LogP contribution in [0.2, 0.25) is 0 Å². The van der Waals surface area contributed by atoms with Crippen molar-refractivity contribution in [3.63, 3.8) is 0 Å². The van der Waals surface area contributed by atoms with Crippen LogP contribution in [0.15, 0.2) is 29.2 Å². The van der Waals surface area contributed by atoms with Gasteiger partial charge >= 0.3 is 5.97 Å². The molecule has 2 heterocycles. The van der Waals surface area contributed by atoms with Crippen LogP contribution in [0.1, 0.15) is 36.5 Å². The molecule has 3 rings (SSSR count). The van der Waals surface area contributed by atoms with Crippen LogP contribution in [0.25, 0.3) is 0 Å². The number of hydrogen-bond donors (Lipinski definition) is 1. The Morgan fingerprint density at radius 1 is 1.33 bits per heavy atom. The zero-order valence-corrected chi connectivity index (χ0v) is 16.6. The molecule has 8 nitrogen and oxygen atoms in total. The predicted molar refractivity (Wildman–Crippen MR) is 97.7 cm³/mol. The lowest BCUT2D eigenvalue weighted by Crippen LogP contribution is -2.49. The monoisotopic (exact) mass is 417 g/mol. The number of carbonyl (C=O) groups excluding carboxylic acids is 1. The number of esters is 1. The van der Waals surface area contributed by atoms with Crippen molar-refractivity contribution in [2.75, 3.05) is 24.7 Å². The summed E-state index contributed by atoms with van der Waals surface area (Å²) in [5, 5.41) is 0. The Labute approximate surface area is 159 Å². The third-order valence-corrected chi connectivity index (χ3v) is 8.17. The van der Waals surface area contributed by atoms with Gasteiger partial charge in [-0.05, 0) is 50.5 Å². The summed E-state index contributed by atoms with van der Waals surface area (Å²) in [5.74, 6) is -0.503. The third-order valence-electron chi connectivity index (χ3n) is 4.84.